The highest BCUT2D eigenvalue weighted by molar-refractivity contribution is 5.73. The van der Waals surface area contributed by atoms with Gasteiger partial charge in [0.15, 0.2) is 0 Å². The van der Waals surface area contributed by atoms with E-state index in [0.29, 0.717) is 6.42 Å². The summed E-state index contributed by atoms with van der Waals surface area (Å²) in [5.74, 6) is -0.667. The molecule has 0 saturated heterocycles. The van der Waals surface area contributed by atoms with Crippen LogP contribution in [0.4, 0.5) is 0 Å². The lowest BCUT2D eigenvalue weighted by molar-refractivity contribution is -0.140. The summed E-state index contributed by atoms with van der Waals surface area (Å²) in [6, 6.07) is 2.05. The third kappa shape index (κ3) is 4.74. The first-order chi connectivity index (χ1) is 8.17. The van der Waals surface area contributed by atoms with Gasteiger partial charge in [-0.1, -0.05) is 26.2 Å². The van der Waals surface area contributed by atoms with Crippen LogP contribution in [0.1, 0.15) is 51.9 Å². The molecule has 0 aromatic carbocycles. The molecule has 0 bridgehead atoms. The molecule has 1 aliphatic rings. The van der Waals surface area contributed by atoms with E-state index in [1.165, 1.54) is 0 Å². The lowest BCUT2D eigenvalue weighted by Crippen LogP contribution is -2.45. The van der Waals surface area contributed by atoms with Crippen molar-refractivity contribution in [3.05, 3.63) is 0 Å². The monoisotopic (exact) mass is 238 g/mol. The van der Waals surface area contributed by atoms with Crippen molar-refractivity contribution in [1.82, 2.24) is 5.32 Å². The fraction of sp³-hybridized carbons (Fsp3) is 0.846. The normalized spacial score (nSPS) is 26.1. The zero-order chi connectivity index (χ0) is 12.7. The highest BCUT2D eigenvalue weighted by Gasteiger charge is 2.26. The van der Waals surface area contributed by atoms with E-state index in [2.05, 4.69) is 18.3 Å². The number of unbranched alkanes of at least 4 members (excludes halogenated alkanes) is 1. The second-order valence-corrected chi connectivity index (χ2v) is 4.89. The van der Waals surface area contributed by atoms with Crippen LogP contribution < -0.4 is 5.32 Å². The first-order valence-electron chi connectivity index (χ1n) is 6.55. The van der Waals surface area contributed by atoms with E-state index in [9.17, 15) is 4.79 Å². The quantitative estimate of drug-likeness (QED) is 0.744. The first kappa shape index (κ1) is 14.0. The minimum Gasteiger partial charge on any atom is -0.480 e. The molecule has 3 unspecified atom stereocenters. The Morgan fingerprint density at radius 1 is 1.59 bits per heavy atom. The maximum atomic E-state index is 11.1. The summed E-state index contributed by atoms with van der Waals surface area (Å²) >= 11 is 0. The second kappa shape index (κ2) is 7.29. The topological polar surface area (TPSA) is 73.1 Å². The van der Waals surface area contributed by atoms with Gasteiger partial charge in [-0.2, -0.15) is 5.26 Å². The predicted molar refractivity (Wildman–Crippen MR) is 65.4 cm³/mol. The highest BCUT2D eigenvalue weighted by Crippen LogP contribution is 2.24. The lowest BCUT2D eigenvalue weighted by Gasteiger charge is -2.28. The predicted octanol–water partition coefficient (Wildman–Crippen LogP) is 2.30. The fourth-order valence-electron chi connectivity index (χ4n) is 2.43. The van der Waals surface area contributed by atoms with Gasteiger partial charge in [0.1, 0.15) is 6.04 Å². The number of nitrogens with one attached hydrogen (secondary N) is 1. The van der Waals surface area contributed by atoms with Gasteiger partial charge < -0.3 is 10.4 Å². The maximum absolute atomic E-state index is 11.1. The van der Waals surface area contributed by atoms with Crippen LogP contribution in [-0.2, 0) is 4.79 Å². The SMILES string of the molecule is CCCCC(NC1CCCC(C#N)C1)C(=O)O. The zero-order valence-corrected chi connectivity index (χ0v) is 10.5. The van der Waals surface area contributed by atoms with Crippen LogP contribution in [-0.4, -0.2) is 23.2 Å². The summed E-state index contributed by atoms with van der Waals surface area (Å²) in [6.45, 7) is 2.06. The van der Waals surface area contributed by atoms with E-state index in [4.69, 9.17) is 10.4 Å². The van der Waals surface area contributed by atoms with Crippen LogP contribution in [0.2, 0.25) is 0 Å². The van der Waals surface area contributed by atoms with Gasteiger partial charge in [-0.25, -0.2) is 0 Å². The number of carboxylic acids is 1. The van der Waals surface area contributed by atoms with Gasteiger partial charge in [0.05, 0.1) is 6.07 Å². The van der Waals surface area contributed by atoms with Crippen molar-refractivity contribution in [2.24, 2.45) is 5.92 Å². The van der Waals surface area contributed by atoms with Gasteiger partial charge >= 0.3 is 5.97 Å². The number of hydrogen-bond acceptors (Lipinski definition) is 3. The number of rotatable bonds is 6. The van der Waals surface area contributed by atoms with E-state index < -0.39 is 12.0 Å². The molecule has 3 atom stereocenters. The minimum atomic E-state index is -0.766. The Bertz CT molecular complexity index is 286. The van der Waals surface area contributed by atoms with E-state index >= 15 is 0 Å². The van der Waals surface area contributed by atoms with Crippen molar-refractivity contribution in [1.29, 1.82) is 5.26 Å². The molecule has 2 N–H and O–H groups in total. The largest absolute Gasteiger partial charge is 0.480 e. The zero-order valence-electron chi connectivity index (χ0n) is 10.5. The van der Waals surface area contributed by atoms with Crippen LogP contribution in [0.5, 0.6) is 0 Å². The van der Waals surface area contributed by atoms with Gasteiger partial charge in [-0.15, -0.1) is 0 Å². The van der Waals surface area contributed by atoms with Gasteiger partial charge in [-0.3, -0.25) is 4.79 Å². The van der Waals surface area contributed by atoms with Gasteiger partial charge in [0.25, 0.3) is 0 Å². The molecule has 1 saturated carbocycles. The Labute approximate surface area is 103 Å². The third-order valence-corrected chi connectivity index (χ3v) is 3.44. The van der Waals surface area contributed by atoms with Crippen LogP contribution >= 0.6 is 0 Å². The molecule has 0 aliphatic heterocycles. The Kier molecular flexibility index (Phi) is 5.99. The summed E-state index contributed by atoms with van der Waals surface area (Å²) in [7, 11) is 0. The number of nitrogens with zero attached hydrogens (tertiary/aromatic N) is 1. The lowest BCUT2D eigenvalue weighted by atomic mass is 9.86. The standard InChI is InChI=1S/C13H22N2O2/c1-2-3-7-12(13(16)17)15-11-6-4-5-10(8-11)9-14/h10-12,15H,2-8H2,1H3,(H,16,17). The molecule has 0 aromatic rings. The minimum absolute atomic E-state index is 0.0990. The third-order valence-electron chi connectivity index (χ3n) is 3.44. The Morgan fingerprint density at radius 2 is 2.35 bits per heavy atom. The Balaban J connectivity index is 2.43. The van der Waals surface area contributed by atoms with Gasteiger partial charge in [0, 0.05) is 12.0 Å². The highest BCUT2D eigenvalue weighted by atomic mass is 16.4. The molecule has 1 aliphatic carbocycles. The van der Waals surface area contributed by atoms with Gasteiger partial charge in [0.2, 0.25) is 0 Å². The molecule has 4 nitrogen and oxygen atoms in total. The molecular weight excluding hydrogens is 216 g/mol. The van der Waals surface area contributed by atoms with Crippen LogP contribution in [0.15, 0.2) is 0 Å². The molecule has 17 heavy (non-hydrogen) atoms. The average Bonchev–Trinajstić information content (AvgIpc) is 2.34. The summed E-state index contributed by atoms with van der Waals surface area (Å²) < 4.78 is 0. The molecule has 1 fully saturated rings. The average molecular weight is 238 g/mol. The smallest absolute Gasteiger partial charge is 0.320 e. The molecule has 0 radical (unpaired) electrons. The Hall–Kier alpha value is -1.08. The molecule has 4 heteroatoms. The molecule has 0 amide bonds. The van der Waals surface area contributed by atoms with E-state index in [1.54, 1.807) is 0 Å². The second-order valence-electron chi connectivity index (χ2n) is 4.89. The molecule has 0 heterocycles. The molecule has 96 valence electrons. The number of hydrogen-bond donors (Lipinski definition) is 2. The van der Waals surface area contributed by atoms with E-state index in [1.807, 2.05) is 0 Å². The van der Waals surface area contributed by atoms with E-state index in [0.717, 1.165) is 38.5 Å². The van der Waals surface area contributed by atoms with Crippen molar-refractivity contribution in [3.63, 3.8) is 0 Å². The van der Waals surface area contributed by atoms with E-state index in [-0.39, 0.29) is 12.0 Å². The molecular formula is C13H22N2O2. The first-order valence-corrected chi connectivity index (χ1v) is 6.55. The van der Waals surface area contributed by atoms with Crippen molar-refractivity contribution in [2.75, 3.05) is 0 Å². The summed E-state index contributed by atoms with van der Waals surface area (Å²) in [5, 5.41) is 21.2. The maximum Gasteiger partial charge on any atom is 0.320 e. The van der Waals surface area contributed by atoms with Crippen molar-refractivity contribution in [2.45, 2.75) is 64.0 Å². The van der Waals surface area contributed by atoms with Crippen LogP contribution in [0.3, 0.4) is 0 Å². The van der Waals surface area contributed by atoms with Gasteiger partial charge in [-0.05, 0) is 25.7 Å². The van der Waals surface area contributed by atoms with Crippen molar-refractivity contribution in [3.8, 4) is 6.07 Å². The van der Waals surface area contributed by atoms with Crippen molar-refractivity contribution < 1.29 is 9.90 Å². The summed E-state index contributed by atoms with van der Waals surface area (Å²) in [6.07, 6.45) is 6.40. The summed E-state index contributed by atoms with van der Waals surface area (Å²) in [4.78, 5) is 11.1. The fourth-order valence-corrected chi connectivity index (χ4v) is 2.43. The van der Waals surface area contributed by atoms with Crippen molar-refractivity contribution >= 4 is 5.97 Å². The Morgan fingerprint density at radius 3 is 2.94 bits per heavy atom. The number of aliphatic carboxylic acids is 1. The molecule has 0 spiro atoms. The molecule has 1 rings (SSSR count). The van der Waals surface area contributed by atoms with Crippen LogP contribution in [0, 0.1) is 17.2 Å². The summed E-state index contributed by atoms with van der Waals surface area (Å²) in [5.41, 5.74) is 0. The number of carboxylic acid groups (broad SMARTS) is 1. The molecule has 0 aromatic heterocycles. The number of nitriles is 1. The number of carbonyl (C=O) groups is 1. The van der Waals surface area contributed by atoms with Crippen LogP contribution in [0.25, 0.3) is 0 Å².